The zero-order valence-electron chi connectivity index (χ0n) is 17.0. The number of amides is 1. The van der Waals surface area contributed by atoms with E-state index in [4.69, 9.17) is 0 Å². The highest BCUT2D eigenvalue weighted by Crippen LogP contribution is 2.39. The number of nitrogens with zero attached hydrogens (tertiary/aromatic N) is 1. The number of rotatable bonds is 7. The number of fused-ring (bicyclic) bond motifs is 1. The summed E-state index contributed by atoms with van der Waals surface area (Å²) in [6.07, 6.45) is 0.261. The van der Waals surface area contributed by atoms with Gasteiger partial charge in [0.05, 0.1) is 11.4 Å². The van der Waals surface area contributed by atoms with Crippen molar-refractivity contribution >= 4 is 33.7 Å². The van der Waals surface area contributed by atoms with Crippen LogP contribution in [0.25, 0.3) is 10.8 Å². The van der Waals surface area contributed by atoms with Gasteiger partial charge in [-0.15, -0.1) is 4.91 Å². The lowest BCUT2D eigenvalue weighted by molar-refractivity contribution is -0.116. The summed E-state index contributed by atoms with van der Waals surface area (Å²) in [5, 5.41) is 20.4. The molecule has 0 saturated carbocycles. The van der Waals surface area contributed by atoms with E-state index in [-0.39, 0.29) is 29.2 Å². The molecule has 0 fully saturated rings. The maximum absolute atomic E-state index is 14.1. The minimum atomic E-state index is -0.872. The predicted molar refractivity (Wildman–Crippen MR) is 124 cm³/mol. The van der Waals surface area contributed by atoms with Crippen molar-refractivity contribution in [2.45, 2.75) is 12.5 Å². The molecule has 6 nitrogen and oxygen atoms in total. The van der Waals surface area contributed by atoms with Gasteiger partial charge >= 0.3 is 0 Å². The Kier molecular flexibility index (Phi) is 6.07. The Labute approximate surface area is 183 Å². The van der Waals surface area contributed by atoms with E-state index in [0.29, 0.717) is 10.8 Å². The van der Waals surface area contributed by atoms with Gasteiger partial charge in [0.15, 0.2) is 0 Å². The first-order valence-electron chi connectivity index (χ1n) is 10.0. The predicted octanol–water partition coefficient (Wildman–Crippen LogP) is 5.74. The van der Waals surface area contributed by atoms with Crippen LogP contribution in [0.15, 0.2) is 90.1 Å². The van der Waals surface area contributed by atoms with Gasteiger partial charge in [-0.1, -0.05) is 66.7 Å². The molecule has 3 N–H and O–H groups in total. The average molecular weight is 429 g/mol. The molecule has 4 aromatic carbocycles. The molecule has 7 heteroatoms. The molecule has 0 aliphatic rings. The molecular weight excluding hydrogens is 409 g/mol. The number of hydrogen-bond acceptors (Lipinski definition) is 5. The van der Waals surface area contributed by atoms with E-state index in [1.54, 1.807) is 30.3 Å². The number of nitrogens with one attached hydrogen (secondary N) is 2. The van der Waals surface area contributed by atoms with Gasteiger partial charge in [-0.2, -0.15) is 0 Å². The molecule has 0 aliphatic carbocycles. The van der Waals surface area contributed by atoms with Crippen molar-refractivity contribution in [2.75, 3.05) is 10.6 Å². The number of phenolic OH excluding ortho intramolecular Hbond substituents is 1. The molecule has 4 aromatic rings. The number of anilines is 2. The lowest BCUT2D eigenvalue weighted by Gasteiger charge is -2.21. The second-order valence-electron chi connectivity index (χ2n) is 7.28. The van der Waals surface area contributed by atoms with Crippen molar-refractivity contribution in [2.24, 2.45) is 5.18 Å². The minimum absolute atomic E-state index is 0.0512. The van der Waals surface area contributed by atoms with Gasteiger partial charge in [0.2, 0.25) is 5.91 Å². The zero-order chi connectivity index (χ0) is 22.5. The molecule has 160 valence electrons. The number of carbonyl (C=O) groups is 1. The van der Waals surface area contributed by atoms with Gasteiger partial charge in [0, 0.05) is 17.2 Å². The minimum Gasteiger partial charge on any atom is -0.505 e. The van der Waals surface area contributed by atoms with Gasteiger partial charge in [0.25, 0.3) is 0 Å². The van der Waals surface area contributed by atoms with E-state index >= 15 is 0 Å². The largest absolute Gasteiger partial charge is 0.505 e. The molecule has 1 atom stereocenters. The molecule has 0 radical (unpaired) electrons. The number of para-hydroxylation sites is 1. The normalized spacial score (nSPS) is 11.7. The standard InChI is InChI=1S/C25H20FN3O3/c26-19-12-6-7-13-20(19)28-25(31)23(14-16-8-2-1-3-9-16)27-22-15-21(29-32)17-10-4-5-11-18(17)24(22)30/h1-13,15,23,27,30H,14H2,(H,28,31). The van der Waals surface area contributed by atoms with E-state index < -0.39 is 17.8 Å². The molecule has 0 aliphatic heterocycles. The van der Waals surface area contributed by atoms with E-state index in [0.717, 1.165) is 5.56 Å². The highest BCUT2D eigenvalue weighted by Gasteiger charge is 2.23. The number of carbonyl (C=O) groups excluding carboxylic acids is 1. The smallest absolute Gasteiger partial charge is 0.247 e. The molecule has 0 aromatic heterocycles. The van der Waals surface area contributed by atoms with Crippen LogP contribution in [0.5, 0.6) is 5.75 Å². The van der Waals surface area contributed by atoms with Crippen molar-refractivity contribution in [3.05, 3.63) is 101 Å². The van der Waals surface area contributed by atoms with Gasteiger partial charge in [-0.25, -0.2) is 4.39 Å². The van der Waals surface area contributed by atoms with Crippen LogP contribution in [0.1, 0.15) is 5.56 Å². The Morgan fingerprint density at radius 1 is 0.906 bits per heavy atom. The van der Waals surface area contributed by atoms with Crippen molar-refractivity contribution in [3.63, 3.8) is 0 Å². The second-order valence-corrected chi connectivity index (χ2v) is 7.28. The first kappa shape index (κ1) is 21.0. The van der Waals surface area contributed by atoms with Crippen LogP contribution in [-0.2, 0) is 11.2 Å². The first-order chi connectivity index (χ1) is 15.6. The van der Waals surface area contributed by atoms with Gasteiger partial charge < -0.3 is 15.7 Å². The van der Waals surface area contributed by atoms with Crippen molar-refractivity contribution in [1.29, 1.82) is 0 Å². The summed E-state index contributed by atoms with van der Waals surface area (Å²) in [4.78, 5) is 24.5. The van der Waals surface area contributed by atoms with Crippen LogP contribution < -0.4 is 10.6 Å². The molecule has 1 unspecified atom stereocenters. The lowest BCUT2D eigenvalue weighted by Crippen LogP contribution is -2.36. The summed E-state index contributed by atoms with van der Waals surface area (Å²) in [6, 6.07) is 22.5. The number of aromatic hydroxyl groups is 1. The van der Waals surface area contributed by atoms with Crippen LogP contribution in [0, 0.1) is 10.7 Å². The average Bonchev–Trinajstić information content (AvgIpc) is 2.82. The lowest BCUT2D eigenvalue weighted by atomic mass is 10.0. The number of nitroso groups, excluding NO2 is 1. The van der Waals surface area contributed by atoms with E-state index in [1.807, 2.05) is 30.3 Å². The Morgan fingerprint density at radius 3 is 2.28 bits per heavy atom. The molecule has 1 amide bonds. The SMILES string of the molecule is O=Nc1cc(NC(Cc2ccccc2)C(=O)Nc2ccccc2F)c(O)c2ccccc12. The highest BCUT2D eigenvalue weighted by atomic mass is 19.1. The molecule has 0 bridgehead atoms. The van der Waals surface area contributed by atoms with Crippen molar-refractivity contribution in [1.82, 2.24) is 0 Å². The fraction of sp³-hybridized carbons (Fsp3) is 0.0800. The zero-order valence-corrected chi connectivity index (χ0v) is 17.0. The molecule has 0 spiro atoms. The number of phenols is 1. The summed E-state index contributed by atoms with van der Waals surface area (Å²) < 4.78 is 14.1. The Morgan fingerprint density at radius 2 is 1.56 bits per heavy atom. The molecule has 32 heavy (non-hydrogen) atoms. The van der Waals surface area contributed by atoms with Gasteiger partial charge in [0.1, 0.15) is 23.3 Å². The van der Waals surface area contributed by atoms with Crippen LogP contribution in [0.4, 0.5) is 21.5 Å². The van der Waals surface area contributed by atoms with Crippen LogP contribution in [-0.4, -0.2) is 17.1 Å². The van der Waals surface area contributed by atoms with E-state index in [2.05, 4.69) is 15.8 Å². The van der Waals surface area contributed by atoms with Crippen molar-refractivity contribution in [3.8, 4) is 5.75 Å². The topological polar surface area (TPSA) is 90.8 Å². The number of halogens is 1. The molecular formula is C25H20FN3O3. The summed E-state index contributed by atoms with van der Waals surface area (Å²) in [6.45, 7) is 0. The third-order valence-corrected chi connectivity index (χ3v) is 5.15. The van der Waals surface area contributed by atoms with E-state index in [9.17, 15) is 19.2 Å². The first-order valence-corrected chi connectivity index (χ1v) is 10.0. The Hall–Kier alpha value is -4.26. The quantitative estimate of drug-likeness (QED) is 0.258. The van der Waals surface area contributed by atoms with Gasteiger partial charge in [-0.3, -0.25) is 4.79 Å². The summed E-state index contributed by atoms with van der Waals surface area (Å²) in [5.74, 6) is -1.16. The molecule has 4 rings (SSSR count). The molecule has 0 saturated heterocycles. The van der Waals surface area contributed by atoms with Crippen LogP contribution in [0.2, 0.25) is 0 Å². The third kappa shape index (κ3) is 4.41. The highest BCUT2D eigenvalue weighted by molar-refractivity contribution is 6.02. The maximum Gasteiger partial charge on any atom is 0.247 e. The monoisotopic (exact) mass is 429 g/mol. The maximum atomic E-state index is 14.1. The van der Waals surface area contributed by atoms with Crippen LogP contribution in [0.3, 0.4) is 0 Å². The number of benzene rings is 4. The summed E-state index contributed by atoms with van der Waals surface area (Å²) in [7, 11) is 0. The van der Waals surface area contributed by atoms with Crippen LogP contribution >= 0.6 is 0 Å². The third-order valence-electron chi connectivity index (χ3n) is 5.15. The Balaban J connectivity index is 1.70. The van der Waals surface area contributed by atoms with Crippen molar-refractivity contribution < 1.29 is 14.3 Å². The second kappa shape index (κ2) is 9.26. The van der Waals surface area contributed by atoms with Gasteiger partial charge in [-0.05, 0) is 28.9 Å². The fourth-order valence-corrected chi connectivity index (χ4v) is 3.56. The fourth-order valence-electron chi connectivity index (χ4n) is 3.56. The van der Waals surface area contributed by atoms with E-state index in [1.165, 1.54) is 24.3 Å². The number of hydrogen-bond donors (Lipinski definition) is 3. The summed E-state index contributed by atoms with van der Waals surface area (Å²) in [5.41, 5.74) is 1.23. The Bertz CT molecular complexity index is 1280. The molecule has 0 heterocycles. The summed E-state index contributed by atoms with van der Waals surface area (Å²) >= 11 is 0.